The van der Waals surface area contributed by atoms with Crippen LogP contribution in [0.2, 0.25) is 0 Å². The van der Waals surface area contributed by atoms with Gasteiger partial charge in [-0.05, 0) is 13.6 Å². The molecule has 0 fully saturated rings. The van der Waals surface area contributed by atoms with Gasteiger partial charge in [0.25, 0.3) is 0 Å². The lowest BCUT2D eigenvalue weighted by atomic mass is 10.4. The minimum atomic E-state index is 0.632. The quantitative estimate of drug-likeness (QED) is 0.466. The first-order valence-corrected chi connectivity index (χ1v) is 3.09. The summed E-state index contributed by atoms with van der Waals surface area (Å²) in [4.78, 5) is 15.1. The predicted octanol–water partition coefficient (Wildman–Crippen LogP) is 1.15. The maximum absolute atomic E-state index is 3.92. The lowest BCUT2D eigenvalue weighted by Crippen LogP contribution is -1.81. The van der Waals surface area contributed by atoms with E-state index in [-0.39, 0.29) is 0 Å². The second-order valence-electron chi connectivity index (χ2n) is 1.96. The molecule has 1 aromatic rings. The van der Waals surface area contributed by atoms with Gasteiger partial charge in [0.1, 0.15) is 12.7 Å². The van der Waals surface area contributed by atoms with Crippen molar-refractivity contribution in [3.8, 4) is 0 Å². The van der Waals surface area contributed by atoms with Crippen LogP contribution in [0.5, 0.6) is 0 Å². The van der Waals surface area contributed by atoms with Crippen molar-refractivity contribution >= 4 is 18.9 Å². The largest absolute Gasteiger partial charge is 0.253 e. The molecule has 0 amide bonds. The molecule has 1 rings (SSSR count). The van der Waals surface area contributed by atoms with Crippen molar-refractivity contribution in [2.75, 3.05) is 0 Å². The van der Waals surface area contributed by atoms with E-state index in [1.54, 1.807) is 6.20 Å². The number of hydrogen-bond acceptors (Lipinski definition) is 3. The Hall–Kier alpha value is -1.58. The van der Waals surface area contributed by atoms with E-state index in [1.807, 2.05) is 6.92 Å². The summed E-state index contributed by atoms with van der Waals surface area (Å²) in [6, 6.07) is 0. The number of aliphatic imine (C=N–C) groups is 2. The van der Waals surface area contributed by atoms with Gasteiger partial charge in [0.2, 0.25) is 0 Å². The molecule has 4 heteroatoms. The van der Waals surface area contributed by atoms with Crippen molar-refractivity contribution in [3.05, 3.63) is 18.1 Å². The fourth-order valence-corrected chi connectivity index (χ4v) is 0.623. The van der Waals surface area contributed by atoms with Gasteiger partial charge in [-0.15, -0.1) is 0 Å². The van der Waals surface area contributed by atoms with Crippen molar-refractivity contribution in [2.24, 2.45) is 9.98 Å². The second-order valence-corrected chi connectivity index (χ2v) is 1.96. The number of nitrogens with zero attached hydrogens (tertiary/aromatic N) is 4. The van der Waals surface area contributed by atoms with E-state index in [9.17, 15) is 0 Å². The van der Waals surface area contributed by atoms with Gasteiger partial charge in [0, 0.05) is 11.8 Å². The lowest BCUT2D eigenvalue weighted by molar-refractivity contribution is 1.11. The zero-order valence-corrected chi connectivity index (χ0v) is 6.23. The van der Waals surface area contributed by atoms with Gasteiger partial charge in [-0.1, -0.05) is 0 Å². The number of aromatic nitrogens is 2. The minimum Gasteiger partial charge on any atom is -0.253 e. The van der Waals surface area contributed by atoms with Crippen LogP contribution in [0.25, 0.3) is 0 Å². The van der Waals surface area contributed by atoms with Crippen LogP contribution in [0.4, 0.5) is 5.82 Å². The highest BCUT2D eigenvalue weighted by atomic mass is 15.0. The Kier molecular flexibility index (Phi) is 2.43. The Morgan fingerprint density at radius 2 is 2.45 bits per heavy atom. The maximum Gasteiger partial charge on any atom is 0.159 e. The van der Waals surface area contributed by atoms with Gasteiger partial charge in [-0.3, -0.25) is 4.99 Å². The van der Waals surface area contributed by atoms with Gasteiger partial charge < -0.3 is 0 Å². The first kappa shape index (κ1) is 7.53. The summed E-state index contributed by atoms with van der Waals surface area (Å²) < 4.78 is 0. The van der Waals surface area contributed by atoms with E-state index in [0.29, 0.717) is 5.82 Å². The summed E-state index contributed by atoms with van der Waals surface area (Å²) in [5.74, 6) is 0.632. The van der Waals surface area contributed by atoms with Crippen LogP contribution in [0, 0.1) is 6.92 Å². The average Bonchev–Trinajstić information content (AvgIpc) is 2.03. The number of rotatable bonds is 2. The van der Waals surface area contributed by atoms with Crippen molar-refractivity contribution in [1.82, 2.24) is 9.97 Å². The molecule has 4 nitrogen and oxygen atoms in total. The summed E-state index contributed by atoms with van der Waals surface area (Å²) in [5, 5.41) is 0. The van der Waals surface area contributed by atoms with Gasteiger partial charge in [-0.2, -0.15) is 0 Å². The Morgan fingerprint density at radius 1 is 1.64 bits per heavy atom. The molecular weight excluding hydrogens is 140 g/mol. The summed E-state index contributed by atoms with van der Waals surface area (Å²) in [6.07, 6.45) is 4.50. The van der Waals surface area contributed by atoms with Crippen molar-refractivity contribution in [3.63, 3.8) is 0 Å². The van der Waals surface area contributed by atoms with E-state index in [4.69, 9.17) is 0 Å². The number of aryl methyl sites for hydroxylation is 1. The van der Waals surface area contributed by atoms with Crippen LogP contribution in [0.3, 0.4) is 0 Å². The molecule has 0 saturated carbocycles. The molecule has 0 aromatic carbocycles. The molecule has 0 aliphatic heterocycles. The topological polar surface area (TPSA) is 50.5 Å². The van der Waals surface area contributed by atoms with Crippen molar-refractivity contribution < 1.29 is 0 Å². The predicted molar refractivity (Wildman–Crippen MR) is 44.5 cm³/mol. The Balaban J connectivity index is 2.94. The van der Waals surface area contributed by atoms with E-state index in [0.717, 1.165) is 5.56 Å². The van der Waals surface area contributed by atoms with E-state index in [1.165, 1.54) is 12.7 Å². The zero-order valence-electron chi connectivity index (χ0n) is 6.23. The van der Waals surface area contributed by atoms with Gasteiger partial charge in [0.05, 0.1) is 0 Å². The van der Waals surface area contributed by atoms with E-state index in [2.05, 4.69) is 26.7 Å². The smallest absolute Gasteiger partial charge is 0.159 e. The highest BCUT2D eigenvalue weighted by Gasteiger charge is 1.92. The molecule has 56 valence electrons. The summed E-state index contributed by atoms with van der Waals surface area (Å²) in [7, 11) is 0. The summed E-state index contributed by atoms with van der Waals surface area (Å²) >= 11 is 0. The average molecular weight is 148 g/mol. The molecule has 0 saturated heterocycles. The molecule has 1 aromatic heterocycles. The molecule has 0 aliphatic rings. The van der Waals surface area contributed by atoms with Crippen molar-refractivity contribution in [2.45, 2.75) is 6.92 Å². The standard InChI is InChI=1S/C7H8N4/c1-6-3-9-5-11-7(6)10-4-8-2/h3-5H,2H2,1H3. The molecule has 0 N–H and O–H groups in total. The molecule has 0 bridgehead atoms. The second kappa shape index (κ2) is 3.55. The van der Waals surface area contributed by atoms with Crippen LogP contribution in [0.1, 0.15) is 5.56 Å². The van der Waals surface area contributed by atoms with Crippen molar-refractivity contribution in [1.29, 1.82) is 0 Å². The molecule has 0 aliphatic carbocycles. The molecule has 0 atom stereocenters. The van der Waals surface area contributed by atoms with Gasteiger partial charge in [-0.25, -0.2) is 15.0 Å². The van der Waals surface area contributed by atoms with Gasteiger partial charge >= 0.3 is 0 Å². The molecule has 0 spiro atoms. The normalized spacial score (nSPS) is 10.3. The highest BCUT2D eigenvalue weighted by Crippen LogP contribution is 2.10. The fraction of sp³-hybridized carbons (Fsp3) is 0.143. The molecule has 0 unspecified atom stereocenters. The first-order valence-electron chi connectivity index (χ1n) is 3.09. The minimum absolute atomic E-state index is 0.632. The molecule has 11 heavy (non-hydrogen) atoms. The van der Waals surface area contributed by atoms with Crippen LogP contribution in [-0.2, 0) is 0 Å². The Labute approximate surface area is 64.8 Å². The first-order chi connectivity index (χ1) is 5.34. The third kappa shape index (κ3) is 1.93. The third-order valence-electron chi connectivity index (χ3n) is 1.13. The highest BCUT2D eigenvalue weighted by molar-refractivity contribution is 5.65. The SMILES string of the molecule is C=NC=Nc1ncncc1C. The third-order valence-corrected chi connectivity index (χ3v) is 1.13. The van der Waals surface area contributed by atoms with Crippen LogP contribution in [0.15, 0.2) is 22.5 Å². The summed E-state index contributed by atoms with van der Waals surface area (Å²) in [6.45, 7) is 5.15. The Bertz CT molecular complexity index is 280. The molecular formula is C7H8N4. The monoisotopic (exact) mass is 148 g/mol. The van der Waals surface area contributed by atoms with Crippen LogP contribution < -0.4 is 0 Å². The van der Waals surface area contributed by atoms with E-state index >= 15 is 0 Å². The lowest BCUT2D eigenvalue weighted by Gasteiger charge is -1.93. The Morgan fingerprint density at radius 3 is 3.09 bits per heavy atom. The molecule has 1 heterocycles. The van der Waals surface area contributed by atoms with Crippen LogP contribution >= 0.6 is 0 Å². The van der Waals surface area contributed by atoms with Gasteiger partial charge in [0.15, 0.2) is 5.82 Å². The van der Waals surface area contributed by atoms with Crippen LogP contribution in [-0.4, -0.2) is 23.0 Å². The molecule has 0 radical (unpaired) electrons. The van der Waals surface area contributed by atoms with E-state index < -0.39 is 0 Å². The number of hydrogen-bond donors (Lipinski definition) is 0. The zero-order chi connectivity index (χ0) is 8.10. The maximum atomic E-state index is 3.92. The fourth-order valence-electron chi connectivity index (χ4n) is 0.623. The summed E-state index contributed by atoms with van der Waals surface area (Å²) in [5.41, 5.74) is 0.924.